The van der Waals surface area contributed by atoms with Gasteiger partial charge in [0.2, 0.25) is 0 Å². The number of benzene rings is 3. The predicted octanol–water partition coefficient (Wildman–Crippen LogP) is 4.38. The second-order valence-electron chi connectivity index (χ2n) is 8.77. The van der Waals surface area contributed by atoms with Crippen LogP contribution in [0.25, 0.3) is 5.76 Å². The fraction of sp³-hybridized carbons (Fsp3) is 0.214. The highest BCUT2D eigenvalue weighted by molar-refractivity contribution is 6.46. The largest absolute Gasteiger partial charge is 0.508 e. The average molecular weight is 456 g/mol. The normalized spacial score (nSPS) is 20.9. The highest BCUT2D eigenvalue weighted by Gasteiger charge is 2.45. The summed E-state index contributed by atoms with van der Waals surface area (Å²) < 4.78 is 5.75. The van der Waals surface area contributed by atoms with E-state index >= 15 is 0 Å². The van der Waals surface area contributed by atoms with Gasteiger partial charge in [0.25, 0.3) is 11.7 Å². The molecule has 6 heteroatoms. The van der Waals surface area contributed by atoms with Crippen LogP contribution in [0.4, 0.5) is 0 Å². The molecule has 6 nitrogen and oxygen atoms in total. The van der Waals surface area contributed by atoms with Gasteiger partial charge in [0, 0.05) is 18.5 Å². The van der Waals surface area contributed by atoms with Crippen molar-refractivity contribution in [1.29, 1.82) is 0 Å². The van der Waals surface area contributed by atoms with Crippen LogP contribution in [0.2, 0.25) is 0 Å². The Balaban J connectivity index is 1.57. The summed E-state index contributed by atoms with van der Waals surface area (Å²) >= 11 is 0. The van der Waals surface area contributed by atoms with Gasteiger partial charge in [-0.1, -0.05) is 42.5 Å². The Morgan fingerprint density at radius 3 is 2.50 bits per heavy atom. The lowest BCUT2D eigenvalue weighted by Crippen LogP contribution is -2.31. The van der Waals surface area contributed by atoms with Crippen LogP contribution in [0.15, 0.2) is 78.4 Å². The van der Waals surface area contributed by atoms with Gasteiger partial charge < -0.3 is 19.8 Å². The van der Waals surface area contributed by atoms with E-state index in [1.807, 2.05) is 43.3 Å². The Hall–Kier alpha value is -4.06. The fourth-order valence-corrected chi connectivity index (χ4v) is 4.73. The van der Waals surface area contributed by atoms with Crippen LogP contribution in [-0.2, 0) is 22.4 Å². The number of carbonyl (C=O) groups excluding carboxylic acids is 2. The molecule has 3 aromatic carbocycles. The molecule has 0 unspecified atom stereocenters. The maximum atomic E-state index is 13.2. The summed E-state index contributed by atoms with van der Waals surface area (Å²) in [7, 11) is 0. The third-order valence-corrected chi connectivity index (χ3v) is 6.40. The van der Waals surface area contributed by atoms with Crippen molar-refractivity contribution in [1.82, 2.24) is 4.90 Å². The summed E-state index contributed by atoms with van der Waals surface area (Å²) in [6.07, 6.45) is 1.33. The number of ether oxygens (including phenoxy) is 1. The molecule has 0 saturated carbocycles. The number of Topliss-reactive ketones (excluding diaryl/α,β-unsaturated/α-hetero) is 1. The lowest BCUT2D eigenvalue weighted by atomic mass is 9.94. The second kappa shape index (κ2) is 8.71. The Labute approximate surface area is 197 Å². The SMILES string of the molecule is C[C@H]1Cc2cc(C(O)=C3C(=O)C(=O)N(CCc4ccccc4)[C@H]3c3ccc(O)cc3)ccc2O1. The molecule has 1 fully saturated rings. The van der Waals surface area contributed by atoms with E-state index < -0.39 is 17.7 Å². The van der Waals surface area contributed by atoms with Gasteiger partial charge in [-0.2, -0.15) is 0 Å². The summed E-state index contributed by atoms with van der Waals surface area (Å²) in [4.78, 5) is 27.8. The lowest BCUT2D eigenvalue weighted by Gasteiger charge is -2.25. The van der Waals surface area contributed by atoms with Gasteiger partial charge in [-0.25, -0.2) is 0 Å². The number of nitrogens with zero attached hydrogens (tertiary/aromatic N) is 1. The molecule has 172 valence electrons. The molecule has 5 rings (SSSR count). The zero-order valence-electron chi connectivity index (χ0n) is 18.8. The maximum absolute atomic E-state index is 13.2. The Morgan fingerprint density at radius 2 is 1.76 bits per heavy atom. The lowest BCUT2D eigenvalue weighted by molar-refractivity contribution is -0.139. The van der Waals surface area contributed by atoms with Crippen molar-refractivity contribution in [2.24, 2.45) is 0 Å². The van der Waals surface area contributed by atoms with E-state index in [9.17, 15) is 19.8 Å². The molecule has 3 aromatic rings. The third-order valence-electron chi connectivity index (χ3n) is 6.40. The van der Waals surface area contributed by atoms with Crippen molar-refractivity contribution in [3.05, 3.63) is 101 Å². The Bertz CT molecular complexity index is 1280. The summed E-state index contributed by atoms with van der Waals surface area (Å²) in [5.41, 5.74) is 3.17. The van der Waals surface area contributed by atoms with Gasteiger partial charge in [-0.05, 0) is 60.4 Å². The van der Waals surface area contributed by atoms with Crippen LogP contribution >= 0.6 is 0 Å². The third kappa shape index (κ3) is 3.92. The smallest absolute Gasteiger partial charge is 0.295 e. The molecule has 2 aliphatic heterocycles. The zero-order valence-corrected chi connectivity index (χ0v) is 18.8. The van der Waals surface area contributed by atoms with Crippen LogP contribution in [0.1, 0.15) is 35.2 Å². The van der Waals surface area contributed by atoms with Crippen molar-refractivity contribution in [2.75, 3.05) is 6.54 Å². The highest BCUT2D eigenvalue weighted by atomic mass is 16.5. The number of fused-ring (bicyclic) bond motifs is 1. The summed E-state index contributed by atoms with van der Waals surface area (Å²) in [5.74, 6) is -0.719. The van der Waals surface area contributed by atoms with Gasteiger partial charge >= 0.3 is 0 Å². The average Bonchev–Trinajstić information content (AvgIpc) is 3.34. The van der Waals surface area contributed by atoms with Crippen LogP contribution in [0, 0.1) is 0 Å². The molecule has 0 radical (unpaired) electrons. The van der Waals surface area contributed by atoms with E-state index in [4.69, 9.17) is 4.74 Å². The van der Waals surface area contributed by atoms with Crippen molar-refractivity contribution in [2.45, 2.75) is 31.9 Å². The summed E-state index contributed by atoms with van der Waals surface area (Å²) in [6.45, 7) is 2.29. The van der Waals surface area contributed by atoms with E-state index in [0.29, 0.717) is 30.5 Å². The standard InChI is InChI=1S/C28H25NO5/c1-17-15-21-16-20(9-12-23(21)34-17)26(31)24-25(19-7-10-22(30)11-8-19)29(28(33)27(24)32)14-13-18-5-3-2-4-6-18/h2-12,16-17,25,30-31H,13-15H2,1H3/t17-,25-/m0/s1. The number of likely N-dealkylation sites (tertiary alicyclic amines) is 1. The van der Waals surface area contributed by atoms with Crippen molar-refractivity contribution in [3.8, 4) is 11.5 Å². The highest BCUT2D eigenvalue weighted by Crippen LogP contribution is 2.41. The first-order valence-electron chi connectivity index (χ1n) is 11.3. The van der Waals surface area contributed by atoms with Crippen LogP contribution < -0.4 is 4.74 Å². The summed E-state index contributed by atoms with van der Waals surface area (Å²) in [5, 5.41) is 21.0. The van der Waals surface area contributed by atoms with E-state index in [1.165, 1.54) is 17.0 Å². The van der Waals surface area contributed by atoms with E-state index in [0.717, 1.165) is 16.9 Å². The van der Waals surface area contributed by atoms with Crippen molar-refractivity contribution in [3.63, 3.8) is 0 Å². The Morgan fingerprint density at radius 1 is 1.03 bits per heavy atom. The molecule has 2 atom stereocenters. The monoisotopic (exact) mass is 455 g/mol. The zero-order chi connectivity index (χ0) is 23.8. The first-order chi connectivity index (χ1) is 16.4. The minimum absolute atomic E-state index is 0.0490. The molecule has 0 spiro atoms. The number of carbonyl (C=O) groups is 2. The first kappa shape index (κ1) is 21.8. The van der Waals surface area contributed by atoms with E-state index in [2.05, 4.69) is 0 Å². The molecular formula is C28H25NO5. The molecule has 0 bridgehead atoms. The predicted molar refractivity (Wildman–Crippen MR) is 127 cm³/mol. The Kier molecular flexibility index (Phi) is 5.57. The maximum Gasteiger partial charge on any atom is 0.295 e. The van der Waals surface area contributed by atoms with Crippen LogP contribution in [0.5, 0.6) is 11.5 Å². The van der Waals surface area contributed by atoms with Crippen molar-refractivity contribution < 1.29 is 24.5 Å². The topological polar surface area (TPSA) is 87.1 Å². The van der Waals surface area contributed by atoms with Gasteiger partial charge in [-0.3, -0.25) is 9.59 Å². The number of rotatable bonds is 5. The molecular weight excluding hydrogens is 430 g/mol. The van der Waals surface area contributed by atoms with Gasteiger partial charge in [0.05, 0.1) is 11.6 Å². The minimum atomic E-state index is -0.757. The van der Waals surface area contributed by atoms with Gasteiger partial charge in [-0.15, -0.1) is 0 Å². The number of aliphatic hydroxyl groups is 1. The number of aliphatic hydroxyl groups excluding tert-OH is 1. The molecule has 2 aliphatic rings. The summed E-state index contributed by atoms with van der Waals surface area (Å²) in [6, 6.07) is 20.7. The van der Waals surface area contributed by atoms with Crippen molar-refractivity contribution >= 4 is 17.4 Å². The molecule has 34 heavy (non-hydrogen) atoms. The van der Waals surface area contributed by atoms with Crippen LogP contribution in [0.3, 0.4) is 0 Å². The first-order valence-corrected chi connectivity index (χ1v) is 11.3. The molecule has 2 N–H and O–H groups in total. The molecule has 1 saturated heterocycles. The number of phenolic OH excluding ortho intramolecular Hbond substituents is 1. The van der Waals surface area contributed by atoms with E-state index in [-0.39, 0.29) is 23.2 Å². The van der Waals surface area contributed by atoms with E-state index in [1.54, 1.807) is 24.3 Å². The van der Waals surface area contributed by atoms with Crippen LogP contribution in [-0.4, -0.2) is 39.5 Å². The number of hydrogen-bond acceptors (Lipinski definition) is 5. The number of hydrogen-bond donors (Lipinski definition) is 2. The fourth-order valence-electron chi connectivity index (χ4n) is 4.73. The number of aromatic hydroxyl groups is 1. The van der Waals surface area contributed by atoms with Gasteiger partial charge in [0.15, 0.2) is 0 Å². The number of amides is 1. The number of ketones is 1. The quantitative estimate of drug-likeness (QED) is 0.339. The number of phenols is 1. The second-order valence-corrected chi connectivity index (χ2v) is 8.77. The molecule has 1 amide bonds. The minimum Gasteiger partial charge on any atom is -0.508 e. The molecule has 2 heterocycles. The van der Waals surface area contributed by atoms with Gasteiger partial charge in [0.1, 0.15) is 23.4 Å². The molecule has 0 aliphatic carbocycles. The molecule has 0 aromatic heterocycles.